The van der Waals surface area contributed by atoms with Crippen molar-refractivity contribution in [2.45, 2.75) is 105 Å². The van der Waals surface area contributed by atoms with Crippen molar-refractivity contribution in [1.29, 1.82) is 0 Å². The van der Waals surface area contributed by atoms with E-state index in [1.165, 1.54) is 31.2 Å². The van der Waals surface area contributed by atoms with E-state index in [0.717, 1.165) is 12.1 Å². The molecular weight excluding hydrogens is 800 g/mol. The lowest BCUT2D eigenvalue weighted by atomic mass is 9.97. The molecule has 3 aliphatic heterocycles. The Labute approximate surface area is 330 Å². The van der Waals surface area contributed by atoms with Crippen molar-refractivity contribution in [2.24, 2.45) is 0 Å². The maximum absolute atomic E-state index is 14.3. The summed E-state index contributed by atoms with van der Waals surface area (Å²) >= 11 is 0. The van der Waals surface area contributed by atoms with Crippen LogP contribution in [0, 0.1) is 0 Å². The van der Waals surface area contributed by atoms with Gasteiger partial charge in [0.15, 0.2) is 18.2 Å². The monoisotopic (exact) mass is 842 g/mol. The van der Waals surface area contributed by atoms with Crippen molar-refractivity contribution < 1.29 is 108 Å². The maximum Gasteiger partial charge on any atom is 0.317 e. The molecule has 4 heterocycles. The standard InChI is InChI=1S/C36H42O23/c1-11-22(43)28(49)33(59-35-30(51)26(47)23(44)17(9-37)56-35)36(53-11)58-32-25(46)21-15(39)6-14(7-16(21)55-31(32)12-2-4-13(38)5-3-12)54-34-29(50)27(48)24(45)18(57-34)10-52-20(42)8-19(40)41/h2-7,11,17-18,22-24,26-30,33-39,43-45,47-51H,8-10H2,1H3,(H,40,41)/t11-,17-,18-,22-,23+,24+,26+,27+,28-,29-,30-,33+,34+,35-,36+/m1/s1. The van der Waals surface area contributed by atoms with Gasteiger partial charge in [-0.25, -0.2) is 0 Å². The predicted octanol–water partition coefficient (Wildman–Crippen LogP) is -3.89. The summed E-state index contributed by atoms with van der Waals surface area (Å²) in [5.41, 5.74) is -1.41. The van der Waals surface area contributed by atoms with Gasteiger partial charge in [-0.1, -0.05) is 0 Å². The Kier molecular flexibility index (Phi) is 13.3. The summed E-state index contributed by atoms with van der Waals surface area (Å²) in [5, 5.41) is 123. The Morgan fingerprint density at radius 3 is 2.00 bits per heavy atom. The highest BCUT2D eigenvalue weighted by molar-refractivity contribution is 5.90. The van der Waals surface area contributed by atoms with Gasteiger partial charge in [-0.15, -0.1) is 0 Å². The minimum atomic E-state index is -1.97. The molecule has 59 heavy (non-hydrogen) atoms. The Morgan fingerprint density at radius 1 is 0.729 bits per heavy atom. The third-order valence-corrected chi connectivity index (χ3v) is 9.82. The number of carboxylic acids is 1. The summed E-state index contributed by atoms with van der Waals surface area (Å²) in [6, 6.07) is 7.00. The number of esters is 1. The van der Waals surface area contributed by atoms with Crippen LogP contribution in [0.5, 0.6) is 23.0 Å². The minimum absolute atomic E-state index is 0.0712. The molecule has 12 N–H and O–H groups in total. The molecule has 15 atom stereocenters. The van der Waals surface area contributed by atoms with Crippen LogP contribution in [-0.4, -0.2) is 179 Å². The number of ether oxygens (including phenoxy) is 7. The van der Waals surface area contributed by atoms with Crippen molar-refractivity contribution in [3.8, 4) is 34.3 Å². The second-order valence-electron chi connectivity index (χ2n) is 13.9. The first-order chi connectivity index (χ1) is 27.9. The van der Waals surface area contributed by atoms with Crippen molar-refractivity contribution in [3.05, 3.63) is 46.6 Å². The first-order valence-electron chi connectivity index (χ1n) is 17.9. The fourth-order valence-corrected chi connectivity index (χ4v) is 6.56. The summed E-state index contributed by atoms with van der Waals surface area (Å²) in [7, 11) is 0. The first kappa shape index (κ1) is 43.8. The van der Waals surface area contributed by atoms with Gasteiger partial charge in [0.05, 0.1) is 12.7 Å². The molecule has 6 rings (SSSR count). The number of aliphatic carboxylic acids is 1. The number of phenolic OH excluding ortho intramolecular Hbond substituents is 2. The van der Waals surface area contributed by atoms with Gasteiger partial charge in [0, 0.05) is 17.7 Å². The molecule has 0 saturated carbocycles. The third-order valence-electron chi connectivity index (χ3n) is 9.82. The number of carbonyl (C=O) groups excluding carboxylic acids is 1. The minimum Gasteiger partial charge on any atom is -0.508 e. The Hall–Kier alpha value is -4.73. The summed E-state index contributed by atoms with van der Waals surface area (Å²) in [5.74, 6) is -5.14. The number of fused-ring (bicyclic) bond motifs is 1. The van der Waals surface area contributed by atoms with E-state index in [-0.39, 0.29) is 17.1 Å². The van der Waals surface area contributed by atoms with Crippen LogP contribution in [0.15, 0.2) is 45.6 Å². The van der Waals surface area contributed by atoms with Gasteiger partial charge in [-0.3, -0.25) is 14.4 Å². The quantitative estimate of drug-likeness (QED) is 0.0612. The van der Waals surface area contributed by atoms with Crippen molar-refractivity contribution in [1.82, 2.24) is 0 Å². The number of aliphatic hydroxyl groups is 9. The average molecular weight is 843 g/mol. The fraction of sp³-hybridized carbons (Fsp3) is 0.528. The van der Waals surface area contributed by atoms with Gasteiger partial charge in [0.2, 0.25) is 23.8 Å². The number of aliphatic hydroxyl groups excluding tert-OH is 9. The molecule has 1 aromatic heterocycles. The average Bonchev–Trinajstić information content (AvgIpc) is 3.19. The molecule has 0 spiro atoms. The van der Waals surface area contributed by atoms with Crippen LogP contribution in [0.4, 0.5) is 0 Å². The van der Waals surface area contributed by atoms with Gasteiger partial charge < -0.3 is 98.9 Å². The molecule has 0 unspecified atom stereocenters. The number of phenols is 2. The number of hydrogen-bond acceptors (Lipinski definition) is 22. The molecule has 3 saturated heterocycles. The van der Waals surface area contributed by atoms with Crippen LogP contribution in [0.25, 0.3) is 22.3 Å². The Morgan fingerprint density at radius 2 is 1.36 bits per heavy atom. The highest BCUT2D eigenvalue weighted by Gasteiger charge is 2.51. The van der Waals surface area contributed by atoms with E-state index in [9.17, 15) is 70.6 Å². The van der Waals surface area contributed by atoms with Crippen LogP contribution in [0.3, 0.4) is 0 Å². The number of aromatic hydroxyl groups is 2. The molecule has 3 fully saturated rings. The van der Waals surface area contributed by atoms with Gasteiger partial charge in [0.1, 0.15) is 102 Å². The first-order valence-corrected chi connectivity index (χ1v) is 17.9. The van der Waals surface area contributed by atoms with E-state index in [4.69, 9.17) is 42.7 Å². The second-order valence-corrected chi connectivity index (χ2v) is 13.9. The molecule has 2 aromatic carbocycles. The number of hydrogen-bond donors (Lipinski definition) is 12. The van der Waals surface area contributed by atoms with Crippen LogP contribution < -0.4 is 14.9 Å². The van der Waals surface area contributed by atoms with Crippen LogP contribution >= 0.6 is 0 Å². The summed E-state index contributed by atoms with van der Waals surface area (Å²) in [6.07, 6.45) is -27.5. The topological polar surface area (TPSA) is 372 Å². The van der Waals surface area contributed by atoms with Crippen LogP contribution in [0.2, 0.25) is 0 Å². The molecular formula is C36H42O23. The van der Waals surface area contributed by atoms with Gasteiger partial charge in [0.25, 0.3) is 0 Å². The fourth-order valence-electron chi connectivity index (χ4n) is 6.56. The number of carbonyl (C=O) groups is 2. The summed E-state index contributed by atoms with van der Waals surface area (Å²) in [6.45, 7) is -0.251. The van der Waals surface area contributed by atoms with Gasteiger partial charge in [-0.2, -0.15) is 0 Å². The smallest absolute Gasteiger partial charge is 0.317 e. The summed E-state index contributed by atoms with van der Waals surface area (Å²) < 4.78 is 44.9. The molecule has 0 amide bonds. The second kappa shape index (κ2) is 17.9. The largest absolute Gasteiger partial charge is 0.508 e. The lowest BCUT2D eigenvalue weighted by Gasteiger charge is -2.45. The molecule has 0 aliphatic carbocycles. The van der Waals surface area contributed by atoms with E-state index >= 15 is 0 Å². The normalized spacial score (nSPS) is 34.9. The van der Waals surface area contributed by atoms with E-state index in [0.29, 0.717) is 0 Å². The number of benzene rings is 2. The van der Waals surface area contributed by atoms with Crippen LogP contribution in [-0.2, 0) is 33.3 Å². The molecule has 3 aliphatic rings. The molecule has 23 nitrogen and oxygen atoms in total. The zero-order valence-electron chi connectivity index (χ0n) is 30.6. The van der Waals surface area contributed by atoms with Crippen molar-refractivity contribution in [3.63, 3.8) is 0 Å². The van der Waals surface area contributed by atoms with E-state index in [1.54, 1.807) is 0 Å². The van der Waals surface area contributed by atoms with Crippen molar-refractivity contribution >= 4 is 22.9 Å². The molecule has 0 bridgehead atoms. The zero-order valence-corrected chi connectivity index (χ0v) is 30.6. The maximum atomic E-state index is 14.3. The lowest BCUT2D eigenvalue weighted by Crippen LogP contribution is -2.64. The molecule has 0 radical (unpaired) electrons. The highest BCUT2D eigenvalue weighted by Crippen LogP contribution is 2.39. The zero-order chi connectivity index (χ0) is 43.0. The van der Waals surface area contributed by atoms with Gasteiger partial charge >= 0.3 is 11.9 Å². The predicted molar refractivity (Wildman–Crippen MR) is 187 cm³/mol. The molecule has 3 aromatic rings. The van der Waals surface area contributed by atoms with Crippen LogP contribution in [0.1, 0.15) is 13.3 Å². The van der Waals surface area contributed by atoms with E-state index < -0.39 is 157 Å². The summed E-state index contributed by atoms with van der Waals surface area (Å²) in [4.78, 5) is 36.8. The highest BCUT2D eigenvalue weighted by atomic mass is 16.8. The number of carboxylic acid groups (broad SMARTS) is 1. The number of rotatable bonds is 12. The molecule has 324 valence electrons. The van der Waals surface area contributed by atoms with E-state index in [1.807, 2.05) is 0 Å². The lowest BCUT2D eigenvalue weighted by molar-refractivity contribution is -0.355. The molecule has 23 heteroatoms. The van der Waals surface area contributed by atoms with E-state index in [2.05, 4.69) is 0 Å². The Balaban J connectivity index is 1.35. The SMILES string of the molecule is C[C@H]1O[C@@H](Oc2c(-c3ccc(O)cc3)oc3cc(O[C@H]4O[C@H](COC(=O)CC(=O)O)[C@H](O)[C@H](O)[C@H]4O)cc(O)c3c2=O)[C@@H](O[C@H]2O[C@H](CO)[C@H](O)[C@H](O)[C@H]2O)[C@H](O)[C@@H]1O. The Bertz CT molecular complexity index is 2020. The van der Waals surface area contributed by atoms with Crippen molar-refractivity contribution in [2.75, 3.05) is 13.2 Å². The van der Waals surface area contributed by atoms with Gasteiger partial charge in [-0.05, 0) is 31.2 Å². The third kappa shape index (κ3) is 9.07.